The molecule has 3 aromatic rings. The van der Waals surface area contributed by atoms with Gasteiger partial charge in [0.25, 0.3) is 0 Å². The Labute approximate surface area is 198 Å². The maximum atomic E-state index is 11.5. The third-order valence-corrected chi connectivity index (χ3v) is 6.37. The molecule has 0 unspecified atom stereocenters. The maximum absolute atomic E-state index is 11.5. The highest BCUT2D eigenvalue weighted by Gasteiger charge is 2.26. The van der Waals surface area contributed by atoms with Gasteiger partial charge in [0, 0.05) is 10.6 Å². The van der Waals surface area contributed by atoms with Crippen molar-refractivity contribution in [2.45, 2.75) is 24.3 Å². The van der Waals surface area contributed by atoms with E-state index in [4.69, 9.17) is 14.2 Å². The van der Waals surface area contributed by atoms with Gasteiger partial charge in [-0.05, 0) is 71.7 Å². The zero-order chi connectivity index (χ0) is 23.3. The summed E-state index contributed by atoms with van der Waals surface area (Å²) in [6, 6.07) is 11.0. The summed E-state index contributed by atoms with van der Waals surface area (Å²) >= 11 is 4.77. The third-order valence-electron chi connectivity index (χ3n) is 4.60. The molecule has 0 aliphatic heterocycles. The predicted octanol–water partition coefficient (Wildman–Crippen LogP) is 4.86. The van der Waals surface area contributed by atoms with Crippen LogP contribution in [0.15, 0.2) is 46.0 Å². The van der Waals surface area contributed by atoms with Gasteiger partial charge in [0.05, 0.1) is 25.3 Å². The number of rotatable bonds is 10. The van der Waals surface area contributed by atoms with Crippen LogP contribution in [0, 0.1) is 17.0 Å². The summed E-state index contributed by atoms with van der Waals surface area (Å²) in [4.78, 5) is 11.1. The van der Waals surface area contributed by atoms with Crippen LogP contribution in [-0.2, 0) is 0 Å². The molecule has 0 aliphatic carbocycles. The first-order valence-electron chi connectivity index (χ1n) is 9.73. The minimum atomic E-state index is -0.536. The smallest absolute Gasteiger partial charge is 0.220 e. The third kappa shape index (κ3) is 5.33. The van der Waals surface area contributed by atoms with Crippen LogP contribution in [0.4, 0.5) is 0 Å². The number of ether oxygens (including phenoxy) is 3. The van der Waals surface area contributed by atoms with Crippen molar-refractivity contribution in [3.05, 3.63) is 62.4 Å². The van der Waals surface area contributed by atoms with Crippen LogP contribution in [0.5, 0.6) is 17.2 Å². The second-order valence-electron chi connectivity index (χ2n) is 6.65. The largest absolute Gasteiger partial charge is 0.497 e. The Morgan fingerprint density at radius 2 is 1.91 bits per heavy atom. The van der Waals surface area contributed by atoms with Crippen molar-refractivity contribution in [2.24, 2.45) is 0 Å². The van der Waals surface area contributed by atoms with E-state index in [9.17, 15) is 10.1 Å². The van der Waals surface area contributed by atoms with Crippen LogP contribution in [0.2, 0.25) is 0 Å². The van der Waals surface area contributed by atoms with Crippen LogP contribution in [0.3, 0.4) is 0 Å². The van der Waals surface area contributed by atoms with Crippen LogP contribution in [0.25, 0.3) is 5.69 Å². The van der Waals surface area contributed by atoms with Crippen LogP contribution in [0.1, 0.15) is 23.6 Å². The first-order chi connectivity index (χ1) is 15.4. The maximum Gasteiger partial charge on any atom is 0.220 e. The summed E-state index contributed by atoms with van der Waals surface area (Å²) in [6.45, 7) is 3.87. The van der Waals surface area contributed by atoms with E-state index in [1.165, 1.54) is 18.9 Å². The Bertz CT molecular complexity index is 1090. The van der Waals surface area contributed by atoms with Gasteiger partial charge < -0.3 is 14.2 Å². The predicted molar refractivity (Wildman–Crippen MR) is 125 cm³/mol. The molecule has 11 heteroatoms. The summed E-state index contributed by atoms with van der Waals surface area (Å²) in [5.74, 6) is 2.45. The molecule has 9 nitrogen and oxygen atoms in total. The van der Waals surface area contributed by atoms with E-state index >= 15 is 0 Å². The van der Waals surface area contributed by atoms with Gasteiger partial charge in [-0.1, -0.05) is 11.8 Å². The number of nitrogens with zero attached hydrogens (tertiary/aromatic N) is 4. The number of halogens is 1. The second-order valence-corrected chi connectivity index (χ2v) is 8.68. The fourth-order valence-electron chi connectivity index (χ4n) is 3.13. The number of benzene rings is 2. The van der Waals surface area contributed by atoms with Gasteiger partial charge in [0.15, 0.2) is 16.7 Å². The molecule has 1 heterocycles. The molecule has 0 radical (unpaired) electrons. The molecule has 0 spiro atoms. The topological polar surface area (TPSA) is 102 Å². The first kappa shape index (κ1) is 23.9. The first-order valence-corrected chi connectivity index (χ1v) is 11.4. The van der Waals surface area contributed by atoms with Crippen molar-refractivity contribution in [1.29, 1.82) is 0 Å². The number of aromatic nitrogens is 3. The molecule has 0 saturated heterocycles. The molecule has 0 aliphatic rings. The van der Waals surface area contributed by atoms with E-state index in [-0.39, 0.29) is 11.5 Å². The molecule has 0 saturated carbocycles. The van der Waals surface area contributed by atoms with E-state index in [2.05, 4.69) is 26.1 Å². The Morgan fingerprint density at radius 1 is 1.19 bits per heavy atom. The molecule has 0 amide bonds. The molecule has 2 aromatic carbocycles. The van der Waals surface area contributed by atoms with Gasteiger partial charge in [-0.2, -0.15) is 0 Å². The molecule has 0 N–H and O–H groups in total. The number of hydrogen-bond acceptors (Lipinski definition) is 8. The highest BCUT2D eigenvalue weighted by Crippen LogP contribution is 2.43. The molecular formula is C21H23BrN4O5S. The fraction of sp³-hybridized carbons (Fsp3) is 0.333. The van der Waals surface area contributed by atoms with E-state index in [1.54, 1.807) is 13.2 Å². The number of aryl methyl sites for hydroxylation is 1. The molecule has 1 atom stereocenters. The van der Waals surface area contributed by atoms with E-state index in [1.807, 2.05) is 48.7 Å². The molecule has 0 bridgehead atoms. The Hall–Kier alpha value is -2.79. The molecule has 170 valence electrons. The van der Waals surface area contributed by atoms with E-state index in [0.29, 0.717) is 39.1 Å². The van der Waals surface area contributed by atoms with Crippen molar-refractivity contribution >= 4 is 27.7 Å². The van der Waals surface area contributed by atoms with Crippen LogP contribution < -0.4 is 14.2 Å². The van der Waals surface area contributed by atoms with E-state index in [0.717, 1.165) is 11.4 Å². The molecular weight excluding hydrogens is 500 g/mol. The lowest BCUT2D eigenvalue weighted by molar-refractivity contribution is -0.479. The van der Waals surface area contributed by atoms with Crippen LogP contribution in [-0.4, -0.2) is 47.1 Å². The van der Waals surface area contributed by atoms with Gasteiger partial charge in [-0.15, -0.1) is 10.2 Å². The van der Waals surface area contributed by atoms with Crippen molar-refractivity contribution in [2.75, 3.05) is 27.4 Å². The summed E-state index contributed by atoms with van der Waals surface area (Å²) in [5, 5.41) is 20.0. The van der Waals surface area contributed by atoms with Gasteiger partial charge in [0.2, 0.25) is 6.54 Å². The van der Waals surface area contributed by atoms with Crippen LogP contribution >= 0.6 is 27.7 Å². The van der Waals surface area contributed by atoms with E-state index < -0.39 is 5.25 Å². The SMILES string of the molecule is CCOc1c(Br)cc([C@@H](C[N+](=O)[O-])Sc2nnc(C)n2-c2ccc(OC)cc2)cc1OC. The zero-order valence-electron chi connectivity index (χ0n) is 18.1. The lowest BCUT2D eigenvalue weighted by atomic mass is 10.1. The molecule has 1 aromatic heterocycles. The number of nitro groups is 1. The van der Waals surface area contributed by atoms with Crippen molar-refractivity contribution in [3.8, 4) is 22.9 Å². The lowest BCUT2D eigenvalue weighted by Crippen LogP contribution is -2.12. The standard InChI is InChI=1S/C21H23BrN4O5S/c1-5-31-20-17(22)10-14(11-18(20)30-4)19(12-25(27)28)32-21-24-23-13(2)26(21)15-6-8-16(29-3)9-7-15/h6-11,19H,5,12H2,1-4H3/t19-/m1/s1. The summed E-state index contributed by atoms with van der Waals surface area (Å²) < 4.78 is 18.9. The highest BCUT2D eigenvalue weighted by molar-refractivity contribution is 9.10. The minimum absolute atomic E-state index is 0.303. The molecule has 0 fully saturated rings. The van der Waals surface area contributed by atoms with Crippen molar-refractivity contribution in [3.63, 3.8) is 0 Å². The summed E-state index contributed by atoms with van der Waals surface area (Å²) in [7, 11) is 3.14. The van der Waals surface area contributed by atoms with Gasteiger partial charge in [-0.3, -0.25) is 14.7 Å². The summed E-state index contributed by atoms with van der Waals surface area (Å²) in [5.41, 5.74) is 1.54. The average molecular weight is 523 g/mol. The Morgan fingerprint density at radius 3 is 2.50 bits per heavy atom. The molecule has 32 heavy (non-hydrogen) atoms. The normalized spacial score (nSPS) is 11.8. The van der Waals surface area contributed by atoms with Gasteiger partial charge in [0.1, 0.15) is 16.8 Å². The van der Waals surface area contributed by atoms with Crippen molar-refractivity contribution < 1.29 is 19.1 Å². The Kier molecular flexibility index (Phi) is 7.97. The lowest BCUT2D eigenvalue weighted by Gasteiger charge is -2.18. The van der Waals surface area contributed by atoms with Crippen molar-refractivity contribution in [1.82, 2.24) is 14.8 Å². The number of hydrogen-bond donors (Lipinski definition) is 0. The second kappa shape index (κ2) is 10.7. The minimum Gasteiger partial charge on any atom is -0.497 e. The number of methoxy groups -OCH3 is 2. The molecule has 3 rings (SSSR count). The quantitative estimate of drug-likeness (QED) is 0.211. The zero-order valence-corrected chi connectivity index (χ0v) is 20.5. The Balaban J connectivity index is 2.01. The van der Waals surface area contributed by atoms with Gasteiger partial charge in [-0.25, -0.2) is 0 Å². The fourth-order valence-corrected chi connectivity index (χ4v) is 4.86. The highest BCUT2D eigenvalue weighted by atomic mass is 79.9. The number of thioether (sulfide) groups is 1. The average Bonchev–Trinajstić information content (AvgIpc) is 3.14. The monoisotopic (exact) mass is 522 g/mol. The van der Waals surface area contributed by atoms with Gasteiger partial charge >= 0.3 is 0 Å². The summed E-state index contributed by atoms with van der Waals surface area (Å²) in [6.07, 6.45) is 0.